The van der Waals surface area contributed by atoms with Crippen molar-refractivity contribution in [3.8, 4) is 44.6 Å². The monoisotopic (exact) mass is 719 g/mol. The van der Waals surface area contributed by atoms with Gasteiger partial charge in [-0.3, -0.25) is 0 Å². The number of pyridine rings is 1. The third-order valence-corrected chi connectivity index (χ3v) is 13.1. The van der Waals surface area contributed by atoms with Crippen LogP contribution in [0.4, 0.5) is 0 Å². The van der Waals surface area contributed by atoms with Crippen LogP contribution in [-0.2, 0) is 5.41 Å². The van der Waals surface area contributed by atoms with Crippen molar-refractivity contribution < 1.29 is 0 Å². The second-order valence-electron chi connectivity index (χ2n) is 15.7. The average molecular weight is 720 g/mol. The standard InChI is InChI=1S/C56H33N/c1-2-15-39-37(13-1)38-14-3-4-16-40(38)47-33-36(29-30-41(39)47)34-25-27-35(28-26-34)55-46-31-32-51-54(53(46)45-20-8-12-24-52(45)57-55)44-19-7-11-23-50(44)56(51)48-21-9-5-17-42(48)43-18-6-10-22-49(43)56/h1-33H. The summed E-state index contributed by atoms with van der Waals surface area (Å²) in [6.07, 6.45) is 0. The summed E-state index contributed by atoms with van der Waals surface area (Å²) in [5, 5.41) is 11.4. The highest BCUT2D eigenvalue weighted by atomic mass is 14.7. The van der Waals surface area contributed by atoms with Gasteiger partial charge >= 0.3 is 0 Å². The normalized spacial score (nSPS) is 13.4. The Morgan fingerprint density at radius 1 is 0.298 bits per heavy atom. The first kappa shape index (κ1) is 30.9. The number of hydrogen-bond acceptors (Lipinski definition) is 1. The number of hydrogen-bond donors (Lipinski definition) is 0. The maximum Gasteiger partial charge on any atom is 0.0788 e. The molecule has 1 spiro atoms. The second-order valence-corrected chi connectivity index (χ2v) is 15.7. The van der Waals surface area contributed by atoms with E-state index in [1.165, 1.54) is 104 Å². The van der Waals surface area contributed by atoms with Gasteiger partial charge < -0.3 is 0 Å². The molecule has 13 rings (SSSR count). The first-order valence-electron chi connectivity index (χ1n) is 19.9. The number of rotatable bonds is 2. The molecule has 0 saturated heterocycles. The lowest BCUT2D eigenvalue weighted by molar-refractivity contribution is 0.794. The van der Waals surface area contributed by atoms with E-state index in [0.717, 1.165) is 16.8 Å². The summed E-state index contributed by atoms with van der Waals surface area (Å²) < 4.78 is 0. The number of benzene rings is 10. The van der Waals surface area contributed by atoms with Crippen LogP contribution in [0.2, 0.25) is 0 Å². The molecule has 0 atom stereocenters. The third kappa shape index (κ3) is 4.00. The third-order valence-electron chi connectivity index (χ3n) is 13.1. The Balaban J connectivity index is 1.03. The summed E-state index contributed by atoms with van der Waals surface area (Å²) in [6.45, 7) is 0. The van der Waals surface area contributed by atoms with Crippen molar-refractivity contribution in [3.05, 3.63) is 222 Å². The van der Waals surface area contributed by atoms with E-state index >= 15 is 0 Å². The maximum absolute atomic E-state index is 5.42. The lowest BCUT2D eigenvalue weighted by Crippen LogP contribution is -2.25. The first-order valence-corrected chi connectivity index (χ1v) is 19.9. The van der Waals surface area contributed by atoms with Crippen molar-refractivity contribution in [1.29, 1.82) is 0 Å². The van der Waals surface area contributed by atoms with E-state index in [2.05, 4.69) is 200 Å². The molecule has 0 N–H and O–H groups in total. The number of aromatic nitrogens is 1. The molecule has 1 nitrogen and oxygen atoms in total. The minimum absolute atomic E-state index is 0.392. The predicted molar refractivity (Wildman–Crippen MR) is 239 cm³/mol. The zero-order valence-electron chi connectivity index (χ0n) is 31.0. The highest BCUT2D eigenvalue weighted by Gasteiger charge is 2.52. The Hall–Kier alpha value is -7.35. The molecule has 0 saturated carbocycles. The van der Waals surface area contributed by atoms with E-state index < -0.39 is 5.41 Å². The largest absolute Gasteiger partial charge is 0.247 e. The molecule has 0 radical (unpaired) electrons. The molecule has 0 fully saturated rings. The van der Waals surface area contributed by atoms with Crippen LogP contribution in [0.1, 0.15) is 22.3 Å². The minimum atomic E-state index is -0.392. The molecule has 1 heterocycles. The van der Waals surface area contributed by atoms with Crippen LogP contribution in [0, 0.1) is 0 Å². The fourth-order valence-electron chi connectivity index (χ4n) is 10.8. The lowest BCUT2D eigenvalue weighted by Gasteiger charge is -2.30. The van der Waals surface area contributed by atoms with Gasteiger partial charge in [0.1, 0.15) is 0 Å². The van der Waals surface area contributed by atoms with Gasteiger partial charge in [-0.05, 0) is 100 Å². The fraction of sp³-hybridized carbons (Fsp3) is 0.0179. The van der Waals surface area contributed by atoms with E-state index in [-0.39, 0.29) is 0 Å². The first-order chi connectivity index (χ1) is 28.3. The van der Waals surface area contributed by atoms with Crippen LogP contribution in [0.5, 0.6) is 0 Å². The summed E-state index contributed by atoms with van der Waals surface area (Å²) in [7, 11) is 0. The highest BCUT2D eigenvalue weighted by Crippen LogP contribution is 2.64. The predicted octanol–water partition coefficient (Wildman–Crippen LogP) is 14.5. The van der Waals surface area contributed by atoms with Gasteiger partial charge in [0.05, 0.1) is 16.6 Å². The van der Waals surface area contributed by atoms with E-state index in [4.69, 9.17) is 4.98 Å². The van der Waals surface area contributed by atoms with Crippen LogP contribution in [-0.4, -0.2) is 4.98 Å². The van der Waals surface area contributed by atoms with Gasteiger partial charge in [0, 0.05) is 21.7 Å². The summed E-state index contributed by atoms with van der Waals surface area (Å²) in [5.74, 6) is 0. The fourth-order valence-corrected chi connectivity index (χ4v) is 10.8. The molecule has 10 aromatic carbocycles. The Labute approximate surface area is 330 Å². The molecule has 0 unspecified atom stereocenters. The quantitative estimate of drug-likeness (QED) is 0.162. The Morgan fingerprint density at radius 3 is 1.40 bits per heavy atom. The molecule has 1 aromatic heterocycles. The van der Waals surface area contributed by atoms with Crippen molar-refractivity contribution in [2.75, 3.05) is 0 Å². The molecule has 2 aliphatic carbocycles. The van der Waals surface area contributed by atoms with Gasteiger partial charge in [-0.15, -0.1) is 0 Å². The molecule has 11 aromatic rings. The topological polar surface area (TPSA) is 12.9 Å². The molecule has 57 heavy (non-hydrogen) atoms. The summed E-state index contributed by atoms with van der Waals surface area (Å²) >= 11 is 0. The Morgan fingerprint density at radius 2 is 0.754 bits per heavy atom. The summed E-state index contributed by atoms with van der Waals surface area (Å²) in [5.41, 5.74) is 15.9. The van der Waals surface area contributed by atoms with Crippen molar-refractivity contribution in [2.24, 2.45) is 0 Å². The van der Waals surface area contributed by atoms with E-state index in [9.17, 15) is 0 Å². The number of fused-ring (bicyclic) bond motifs is 20. The molecular formula is C56H33N. The van der Waals surface area contributed by atoms with Crippen LogP contribution in [0.15, 0.2) is 200 Å². The average Bonchev–Trinajstić information content (AvgIpc) is 3.76. The smallest absolute Gasteiger partial charge is 0.0788 e. The lowest BCUT2D eigenvalue weighted by atomic mass is 9.70. The molecule has 0 amide bonds. The zero-order chi connectivity index (χ0) is 37.2. The Kier molecular flexibility index (Phi) is 6.16. The molecule has 2 aliphatic rings. The van der Waals surface area contributed by atoms with Crippen LogP contribution in [0.3, 0.4) is 0 Å². The number of nitrogens with zero attached hydrogens (tertiary/aromatic N) is 1. The zero-order valence-corrected chi connectivity index (χ0v) is 31.0. The van der Waals surface area contributed by atoms with Gasteiger partial charge in [0.2, 0.25) is 0 Å². The van der Waals surface area contributed by atoms with E-state index in [1.54, 1.807) is 0 Å². The van der Waals surface area contributed by atoms with Gasteiger partial charge in [-0.25, -0.2) is 4.98 Å². The second kappa shape index (κ2) is 11.4. The molecule has 0 bridgehead atoms. The van der Waals surface area contributed by atoms with Gasteiger partial charge in [-0.1, -0.05) is 188 Å². The van der Waals surface area contributed by atoms with Crippen molar-refractivity contribution in [1.82, 2.24) is 4.98 Å². The SMILES string of the molecule is c1ccc2c(c1)-c1ccccc1C21c2ccccc2-c2c1ccc1c(-c3ccc(-c4ccc5c6ccccc6c6ccccc6c5c4)cc3)nc3ccccc3c21. The minimum Gasteiger partial charge on any atom is -0.247 e. The molecule has 1 heteroatoms. The maximum atomic E-state index is 5.42. The van der Waals surface area contributed by atoms with Crippen molar-refractivity contribution in [2.45, 2.75) is 5.41 Å². The summed E-state index contributed by atoms with van der Waals surface area (Å²) in [6, 6.07) is 74.3. The Bertz CT molecular complexity index is 3440. The van der Waals surface area contributed by atoms with Gasteiger partial charge in [-0.2, -0.15) is 0 Å². The van der Waals surface area contributed by atoms with E-state index in [1.807, 2.05) is 0 Å². The molecular weight excluding hydrogens is 687 g/mol. The van der Waals surface area contributed by atoms with Crippen LogP contribution < -0.4 is 0 Å². The highest BCUT2D eigenvalue weighted by molar-refractivity contribution is 6.26. The molecule has 0 aliphatic heterocycles. The summed E-state index contributed by atoms with van der Waals surface area (Å²) in [4.78, 5) is 5.42. The number of para-hydroxylation sites is 1. The van der Waals surface area contributed by atoms with E-state index in [0.29, 0.717) is 0 Å². The van der Waals surface area contributed by atoms with Crippen LogP contribution >= 0.6 is 0 Å². The van der Waals surface area contributed by atoms with Gasteiger partial charge in [0.25, 0.3) is 0 Å². The molecule has 262 valence electrons. The van der Waals surface area contributed by atoms with Crippen molar-refractivity contribution in [3.63, 3.8) is 0 Å². The van der Waals surface area contributed by atoms with Crippen molar-refractivity contribution >= 4 is 54.0 Å². The van der Waals surface area contributed by atoms with Gasteiger partial charge in [0.15, 0.2) is 0 Å². The van der Waals surface area contributed by atoms with Crippen LogP contribution in [0.25, 0.3) is 98.6 Å².